The van der Waals surface area contributed by atoms with E-state index in [1.807, 2.05) is 18.2 Å². The van der Waals surface area contributed by atoms with Crippen molar-refractivity contribution in [1.29, 1.82) is 0 Å². The minimum atomic E-state index is -0.569. The summed E-state index contributed by atoms with van der Waals surface area (Å²) in [5, 5.41) is 6.21. The molecule has 28 heavy (non-hydrogen) atoms. The lowest BCUT2D eigenvalue weighted by Crippen LogP contribution is -2.42. The van der Waals surface area contributed by atoms with Crippen LogP contribution in [-0.4, -0.2) is 25.2 Å². The highest BCUT2D eigenvalue weighted by molar-refractivity contribution is 6.30. The fourth-order valence-electron chi connectivity index (χ4n) is 3.10. The quantitative estimate of drug-likeness (QED) is 0.738. The zero-order valence-corrected chi connectivity index (χ0v) is 16.8. The Hall–Kier alpha value is -2.31. The predicted molar refractivity (Wildman–Crippen MR) is 108 cm³/mol. The highest BCUT2D eigenvalue weighted by Gasteiger charge is 2.24. The Kier molecular flexibility index (Phi) is 6.42. The van der Waals surface area contributed by atoms with Crippen molar-refractivity contribution in [2.75, 3.05) is 18.5 Å². The van der Waals surface area contributed by atoms with Crippen LogP contribution in [0.3, 0.4) is 0 Å². The normalized spacial score (nSPS) is 15.2. The summed E-state index contributed by atoms with van der Waals surface area (Å²) >= 11 is 5.75. The van der Waals surface area contributed by atoms with Crippen LogP contribution in [0.25, 0.3) is 0 Å². The number of ether oxygens (including phenoxy) is 2. The third-order valence-corrected chi connectivity index (χ3v) is 4.84. The first kappa shape index (κ1) is 20.4. The average molecular weight is 407 g/mol. The molecule has 0 saturated heterocycles. The Morgan fingerprint density at radius 1 is 1.07 bits per heavy atom. The highest BCUT2D eigenvalue weighted by atomic mass is 35.5. The van der Waals surface area contributed by atoms with E-state index in [1.165, 1.54) is 18.2 Å². The van der Waals surface area contributed by atoms with Crippen LogP contribution in [0.2, 0.25) is 5.02 Å². The summed E-state index contributed by atoms with van der Waals surface area (Å²) in [6.07, 6.45) is 0. The molecule has 5 nitrogen and oxygen atoms in total. The highest BCUT2D eigenvalue weighted by Crippen LogP contribution is 2.34. The van der Waals surface area contributed by atoms with Crippen LogP contribution in [-0.2, 0) is 4.79 Å². The molecule has 3 rings (SSSR count). The van der Waals surface area contributed by atoms with Crippen LogP contribution >= 0.6 is 11.6 Å². The van der Waals surface area contributed by atoms with Crippen molar-refractivity contribution in [3.05, 3.63) is 52.8 Å². The van der Waals surface area contributed by atoms with Crippen LogP contribution in [0.1, 0.15) is 32.4 Å². The van der Waals surface area contributed by atoms with Crippen molar-refractivity contribution in [3.8, 4) is 11.5 Å². The van der Waals surface area contributed by atoms with E-state index in [2.05, 4.69) is 24.5 Å². The Morgan fingerprint density at radius 2 is 1.79 bits per heavy atom. The minimum absolute atomic E-state index is 0.0911. The van der Waals surface area contributed by atoms with Gasteiger partial charge in [-0.2, -0.15) is 0 Å². The molecular weight excluding hydrogens is 383 g/mol. The van der Waals surface area contributed by atoms with Crippen molar-refractivity contribution in [2.24, 2.45) is 5.92 Å². The van der Waals surface area contributed by atoms with Crippen LogP contribution in [0.5, 0.6) is 11.5 Å². The van der Waals surface area contributed by atoms with E-state index < -0.39 is 11.9 Å². The number of carbonyl (C=O) groups excluding carboxylic acids is 1. The number of carbonyl (C=O) groups is 1. The van der Waals surface area contributed by atoms with E-state index in [0.29, 0.717) is 19.0 Å². The van der Waals surface area contributed by atoms with Gasteiger partial charge in [-0.05, 0) is 48.7 Å². The molecule has 0 unspecified atom stereocenters. The van der Waals surface area contributed by atoms with Gasteiger partial charge >= 0.3 is 0 Å². The summed E-state index contributed by atoms with van der Waals surface area (Å²) < 4.78 is 25.2. The molecule has 0 radical (unpaired) electrons. The molecule has 2 aromatic carbocycles. The Morgan fingerprint density at radius 3 is 2.46 bits per heavy atom. The van der Waals surface area contributed by atoms with Gasteiger partial charge in [0, 0.05) is 11.1 Å². The number of rotatable bonds is 6. The molecule has 2 N–H and O–H groups in total. The van der Waals surface area contributed by atoms with Gasteiger partial charge in [0.25, 0.3) is 0 Å². The van der Waals surface area contributed by atoms with Crippen molar-refractivity contribution >= 4 is 23.2 Å². The van der Waals surface area contributed by atoms with E-state index >= 15 is 0 Å². The first-order chi connectivity index (χ1) is 13.3. The summed E-state index contributed by atoms with van der Waals surface area (Å²) in [4.78, 5) is 12.6. The first-order valence-electron chi connectivity index (χ1n) is 9.26. The molecule has 1 amide bonds. The second kappa shape index (κ2) is 8.80. The molecular formula is C21H24ClFN2O3. The molecule has 150 valence electrons. The standard InChI is InChI=1S/C21H24ClFN2O3/c1-12(2)20(14-4-7-18-19(10-14)28-9-8-27-18)24-13(3)21(26)25-17-6-5-15(22)11-16(17)23/h4-7,10-13,20,24H,8-9H2,1-3H3,(H,25,26)/t13-,20-/m1/s1. The second-order valence-corrected chi connectivity index (χ2v) is 7.56. The largest absolute Gasteiger partial charge is 0.486 e. The van der Waals surface area contributed by atoms with Gasteiger partial charge in [0.2, 0.25) is 5.91 Å². The number of fused-ring (bicyclic) bond motifs is 1. The van der Waals surface area contributed by atoms with Gasteiger partial charge in [0.1, 0.15) is 19.0 Å². The maximum atomic E-state index is 13.9. The summed E-state index contributed by atoms with van der Waals surface area (Å²) in [7, 11) is 0. The lowest BCUT2D eigenvalue weighted by molar-refractivity contribution is -0.118. The topological polar surface area (TPSA) is 59.6 Å². The van der Waals surface area contributed by atoms with Crippen molar-refractivity contribution in [2.45, 2.75) is 32.9 Å². The number of hydrogen-bond acceptors (Lipinski definition) is 4. The SMILES string of the molecule is CC(C)[C@@H](N[C@H](C)C(=O)Nc1ccc(Cl)cc1F)c1ccc2c(c1)OCCO2. The summed E-state index contributed by atoms with van der Waals surface area (Å²) in [6, 6.07) is 9.30. The third kappa shape index (κ3) is 4.75. The maximum Gasteiger partial charge on any atom is 0.241 e. The van der Waals surface area contributed by atoms with Crippen molar-refractivity contribution in [1.82, 2.24) is 5.32 Å². The van der Waals surface area contributed by atoms with E-state index in [9.17, 15) is 9.18 Å². The Balaban J connectivity index is 1.72. The van der Waals surface area contributed by atoms with E-state index in [4.69, 9.17) is 21.1 Å². The van der Waals surface area contributed by atoms with Crippen LogP contribution in [0, 0.1) is 11.7 Å². The predicted octanol–water partition coefficient (Wildman–Crippen LogP) is 4.56. The fourth-order valence-corrected chi connectivity index (χ4v) is 3.26. The molecule has 2 aromatic rings. The van der Waals surface area contributed by atoms with Crippen molar-refractivity contribution < 1.29 is 18.7 Å². The van der Waals surface area contributed by atoms with Crippen LogP contribution in [0.4, 0.5) is 10.1 Å². The zero-order valence-electron chi connectivity index (χ0n) is 16.1. The molecule has 0 spiro atoms. The molecule has 7 heteroatoms. The molecule has 0 fully saturated rings. The summed E-state index contributed by atoms with van der Waals surface area (Å²) in [6.45, 7) is 6.94. The Labute approximate surface area is 169 Å². The number of hydrogen-bond donors (Lipinski definition) is 2. The molecule has 0 aliphatic carbocycles. The lowest BCUT2D eigenvalue weighted by Gasteiger charge is -2.28. The third-order valence-electron chi connectivity index (χ3n) is 4.60. The lowest BCUT2D eigenvalue weighted by atomic mass is 9.94. The smallest absolute Gasteiger partial charge is 0.241 e. The van der Waals surface area contributed by atoms with Gasteiger partial charge in [-0.3, -0.25) is 10.1 Å². The first-order valence-corrected chi connectivity index (χ1v) is 9.64. The number of halogens is 2. The molecule has 0 bridgehead atoms. The van der Waals surface area contributed by atoms with E-state index in [-0.39, 0.29) is 28.6 Å². The molecule has 0 aromatic heterocycles. The number of anilines is 1. The number of benzene rings is 2. The van der Waals surface area contributed by atoms with Gasteiger partial charge < -0.3 is 14.8 Å². The van der Waals surface area contributed by atoms with Gasteiger partial charge in [-0.1, -0.05) is 31.5 Å². The zero-order chi connectivity index (χ0) is 20.3. The molecule has 0 saturated carbocycles. The van der Waals surface area contributed by atoms with Crippen LogP contribution in [0.15, 0.2) is 36.4 Å². The van der Waals surface area contributed by atoms with Gasteiger partial charge in [0.05, 0.1) is 11.7 Å². The van der Waals surface area contributed by atoms with Gasteiger partial charge in [-0.15, -0.1) is 0 Å². The average Bonchev–Trinajstić information content (AvgIpc) is 2.67. The molecule has 1 aliphatic rings. The number of amides is 1. The van der Waals surface area contributed by atoms with E-state index in [1.54, 1.807) is 6.92 Å². The fraction of sp³-hybridized carbons (Fsp3) is 0.381. The van der Waals surface area contributed by atoms with Crippen LogP contribution < -0.4 is 20.1 Å². The summed E-state index contributed by atoms with van der Waals surface area (Å²) in [5.41, 5.74) is 1.10. The van der Waals surface area contributed by atoms with E-state index in [0.717, 1.165) is 11.3 Å². The number of nitrogens with one attached hydrogen (secondary N) is 2. The molecule has 2 atom stereocenters. The maximum absolute atomic E-state index is 13.9. The molecule has 1 heterocycles. The second-order valence-electron chi connectivity index (χ2n) is 7.13. The monoisotopic (exact) mass is 406 g/mol. The summed E-state index contributed by atoms with van der Waals surface area (Å²) in [5.74, 6) is 0.743. The molecule has 1 aliphatic heterocycles. The van der Waals surface area contributed by atoms with Gasteiger partial charge in [0.15, 0.2) is 11.5 Å². The minimum Gasteiger partial charge on any atom is -0.486 e. The Bertz CT molecular complexity index is 860. The van der Waals surface area contributed by atoms with Crippen molar-refractivity contribution in [3.63, 3.8) is 0 Å². The van der Waals surface area contributed by atoms with Gasteiger partial charge in [-0.25, -0.2) is 4.39 Å².